The quantitative estimate of drug-likeness (QED) is 0.508. The van der Waals surface area contributed by atoms with Gasteiger partial charge in [0, 0.05) is 6.07 Å². The smallest absolute Gasteiger partial charge is 0.435 e. The van der Waals surface area contributed by atoms with E-state index in [1.165, 1.54) is 17.9 Å². The van der Waals surface area contributed by atoms with Crippen LogP contribution in [0.5, 0.6) is 5.88 Å². The van der Waals surface area contributed by atoms with Gasteiger partial charge in [-0.05, 0) is 29.3 Å². The topological polar surface area (TPSA) is 90.6 Å². The number of hydrogen-bond donors (Lipinski definition) is 1. The lowest BCUT2D eigenvalue weighted by Crippen LogP contribution is -2.17. The van der Waals surface area contributed by atoms with Crippen molar-refractivity contribution in [2.45, 2.75) is 12.7 Å². The fourth-order valence-electron chi connectivity index (χ4n) is 2.83. The molecule has 8 nitrogen and oxygen atoms in total. The number of benzene rings is 1. The normalized spacial score (nSPS) is 11.9. The molecule has 3 aromatic heterocycles. The van der Waals surface area contributed by atoms with Crippen LogP contribution in [0.1, 0.15) is 11.3 Å². The average Bonchev–Trinajstić information content (AvgIpc) is 3.24. The number of aromatic nitrogens is 6. The number of hydrogen-bond acceptors (Lipinski definition) is 5. The molecule has 0 aliphatic rings. The zero-order valence-electron chi connectivity index (χ0n) is 14.7. The van der Waals surface area contributed by atoms with Gasteiger partial charge in [-0.25, -0.2) is 14.5 Å². The van der Waals surface area contributed by atoms with Crippen molar-refractivity contribution in [3.05, 3.63) is 63.6 Å². The Kier molecular flexibility index (Phi) is 4.53. The molecule has 1 N–H and O–H groups in total. The van der Waals surface area contributed by atoms with Crippen LogP contribution in [0.15, 0.2) is 41.3 Å². The summed E-state index contributed by atoms with van der Waals surface area (Å²) in [5, 5.41) is 3.57. The lowest BCUT2D eigenvalue weighted by Gasteiger charge is -2.08. The number of fused-ring (bicyclic) bond motifs is 1. The molecule has 0 unspecified atom stereocenters. The number of methoxy groups -OCH3 is 1. The molecule has 0 fully saturated rings. The molecule has 4 rings (SSSR count). The number of nitrogens with zero attached hydrogens (tertiary/aromatic N) is 5. The summed E-state index contributed by atoms with van der Waals surface area (Å²) in [5.41, 5.74) is 0.440. The first-order valence-electron chi connectivity index (χ1n) is 8.18. The Morgan fingerprint density at radius 2 is 1.97 bits per heavy atom. The van der Waals surface area contributed by atoms with Crippen molar-refractivity contribution in [2.75, 3.05) is 7.11 Å². The number of aromatic amines is 1. The van der Waals surface area contributed by atoms with Crippen molar-refractivity contribution in [3.63, 3.8) is 0 Å². The highest BCUT2D eigenvalue weighted by Gasteiger charge is 2.35. The third kappa shape index (κ3) is 3.56. The van der Waals surface area contributed by atoms with Crippen LogP contribution in [-0.2, 0) is 12.7 Å². The molecule has 12 heteroatoms. The average molecular weight is 425 g/mol. The second kappa shape index (κ2) is 6.92. The van der Waals surface area contributed by atoms with Crippen LogP contribution in [-0.4, -0.2) is 36.4 Å². The van der Waals surface area contributed by atoms with E-state index < -0.39 is 11.9 Å². The Labute approximate surface area is 165 Å². The maximum absolute atomic E-state index is 12.9. The molecule has 0 bridgehead atoms. The standard InChI is InChI=1S/C17H12ClF3N6O2/c1-29-13-6-12(17(19,20)21)25-27(13)10-4-2-9(3-5-10)8-26-14-11(23-16(26)28)7-22-15(18)24-14/h2-7H,8H2,1H3,(H,23,28). The van der Waals surface area contributed by atoms with E-state index in [0.717, 1.165) is 10.7 Å². The number of nitrogens with one attached hydrogen (secondary N) is 1. The van der Waals surface area contributed by atoms with E-state index in [-0.39, 0.29) is 23.4 Å². The van der Waals surface area contributed by atoms with E-state index in [9.17, 15) is 18.0 Å². The van der Waals surface area contributed by atoms with Crippen molar-refractivity contribution in [1.82, 2.24) is 29.3 Å². The maximum atomic E-state index is 12.9. The van der Waals surface area contributed by atoms with Gasteiger partial charge in [0.1, 0.15) is 5.52 Å². The molecule has 3 heterocycles. The summed E-state index contributed by atoms with van der Waals surface area (Å²) in [5.74, 6) is -0.0516. The maximum Gasteiger partial charge on any atom is 0.435 e. The molecule has 150 valence electrons. The van der Waals surface area contributed by atoms with Gasteiger partial charge in [0.2, 0.25) is 11.2 Å². The summed E-state index contributed by atoms with van der Waals surface area (Å²) in [6.45, 7) is 0.177. The monoisotopic (exact) mass is 424 g/mol. The van der Waals surface area contributed by atoms with Gasteiger partial charge in [-0.2, -0.15) is 23.3 Å². The summed E-state index contributed by atoms with van der Waals surface area (Å²) in [4.78, 5) is 22.7. The minimum Gasteiger partial charge on any atom is -0.481 e. The summed E-state index contributed by atoms with van der Waals surface area (Å²) in [6.07, 6.45) is -3.17. The molecule has 0 aliphatic carbocycles. The van der Waals surface area contributed by atoms with Crippen molar-refractivity contribution >= 4 is 22.8 Å². The Balaban J connectivity index is 1.66. The second-order valence-corrected chi connectivity index (χ2v) is 6.38. The Morgan fingerprint density at radius 1 is 1.24 bits per heavy atom. The molecule has 29 heavy (non-hydrogen) atoms. The fourth-order valence-corrected chi connectivity index (χ4v) is 2.96. The van der Waals surface area contributed by atoms with Gasteiger partial charge in [-0.15, -0.1) is 0 Å². The number of alkyl halides is 3. The Hall–Kier alpha value is -3.34. The zero-order valence-corrected chi connectivity index (χ0v) is 15.5. The van der Waals surface area contributed by atoms with Gasteiger partial charge >= 0.3 is 11.9 Å². The van der Waals surface area contributed by atoms with Crippen molar-refractivity contribution < 1.29 is 17.9 Å². The van der Waals surface area contributed by atoms with E-state index in [1.807, 2.05) is 0 Å². The lowest BCUT2D eigenvalue weighted by molar-refractivity contribution is -0.141. The summed E-state index contributed by atoms with van der Waals surface area (Å²) >= 11 is 5.80. The van der Waals surface area contributed by atoms with Crippen LogP contribution in [0, 0.1) is 0 Å². The molecule has 0 aliphatic heterocycles. The highest BCUT2D eigenvalue weighted by atomic mass is 35.5. The van der Waals surface area contributed by atoms with Gasteiger partial charge in [0.25, 0.3) is 0 Å². The SMILES string of the molecule is COc1cc(C(F)(F)F)nn1-c1ccc(Cn2c(=O)[nH]c3cnc(Cl)nc32)cc1. The number of imidazole rings is 1. The second-order valence-electron chi connectivity index (χ2n) is 6.04. The van der Waals surface area contributed by atoms with Crippen molar-refractivity contribution in [2.24, 2.45) is 0 Å². The third-order valence-electron chi connectivity index (χ3n) is 4.18. The third-order valence-corrected chi connectivity index (χ3v) is 4.36. The van der Waals surface area contributed by atoms with Crippen LogP contribution in [0.2, 0.25) is 5.28 Å². The molecule has 4 aromatic rings. The van der Waals surface area contributed by atoms with Gasteiger partial charge < -0.3 is 9.72 Å². The molecule has 1 aromatic carbocycles. The number of halogens is 4. The first-order chi connectivity index (χ1) is 13.8. The summed E-state index contributed by atoms with van der Waals surface area (Å²) in [6, 6.07) is 7.30. The molecule has 0 saturated heterocycles. The van der Waals surface area contributed by atoms with Crippen LogP contribution in [0.4, 0.5) is 13.2 Å². The molecule has 0 amide bonds. The molecular formula is C17H12ClF3N6O2. The predicted octanol–water partition coefficient (Wildman–Crippen LogP) is 3.03. The van der Waals surface area contributed by atoms with E-state index in [2.05, 4.69) is 20.1 Å². The van der Waals surface area contributed by atoms with Crippen LogP contribution >= 0.6 is 11.6 Å². The molecular weight excluding hydrogens is 413 g/mol. The van der Waals surface area contributed by atoms with E-state index >= 15 is 0 Å². The fraction of sp³-hybridized carbons (Fsp3) is 0.176. The van der Waals surface area contributed by atoms with Gasteiger partial charge in [-0.1, -0.05) is 12.1 Å². The van der Waals surface area contributed by atoms with Gasteiger partial charge in [0.15, 0.2) is 11.3 Å². The summed E-state index contributed by atoms with van der Waals surface area (Å²) < 4.78 is 46.2. The minimum atomic E-state index is -4.59. The number of H-pyrrole nitrogens is 1. The van der Waals surface area contributed by atoms with Crippen LogP contribution in [0.3, 0.4) is 0 Å². The molecule has 0 saturated carbocycles. The Bertz CT molecular complexity index is 1240. The first kappa shape index (κ1) is 19.0. The summed E-state index contributed by atoms with van der Waals surface area (Å²) in [7, 11) is 1.26. The first-order valence-corrected chi connectivity index (χ1v) is 8.55. The highest BCUT2D eigenvalue weighted by molar-refractivity contribution is 6.28. The van der Waals surface area contributed by atoms with Gasteiger partial charge in [0.05, 0.1) is 25.5 Å². The number of rotatable bonds is 4. The van der Waals surface area contributed by atoms with E-state index in [1.54, 1.807) is 24.3 Å². The highest BCUT2D eigenvalue weighted by Crippen LogP contribution is 2.32. The van der Waals surface area contributed by atoms with Gasteiger partial charge in [-0.3, -0.25) is 4.57 Å². The van der Waals surface area contributed by atoms with E-state index in [0.29, 0.717) is 22.4 Å². The number of ether oxygens (including phenoxy) is 1. The van der Waals surface area contributed by atoms with Crippen LogP contribution in [0.25, 0.3) is 16.9 Å². The van der Waals surface area contributed by atoms with Crippen molar-refractivity contribution in [3.8, 4) is 11.6 Å². The molecule has 0 atom stereocenters. The zero-order chi connectivity index (χ0) is 20.8. The van der Waals surface area contributed by atoms with Crippen molar-refractivity contribution in [1.29, 1.82) is 0 Å². The largest absolute Gasteiger partial charge is 0.481 e. The van der Waals surface area contributed by atoms with Crippen LogP contribution < -0.4 is 10.4 Å². The molecule has 0 spiro atoms. The predicted molar refractivity (Wildman–Crippen MR) is 97.4 cm³/mol. The lowest BCUT2D eigenvalue weighted by atomic mass is 10.2. The van der Waals surface area contributed by atoms with E-state index in [4.69, 9.17) is 16.3 Å². The minimum absolute atomic E-state index is 0.00634. The molecule has 0 radical (unpaired) electrons. The Morgan fingerprint density at radius 3 is 2.62 bits per heavy atom.